The maximum atomic E-state index is 13.8. The van der Waals surface area contributed by atoms with E-state index in [4.69, 9.17) is 9.72 Å². The highest BCUT2D eigenvalue weighted by molar-refractivity contribution is 5.91. The fraction of sp³-hybridized carbons (Fsp3) is 0.136. The van der Waals surface area contributed by atoms with Crippen molar-refractivity contribution in [3.05, 3.63) is 78.9 Å². The summed E-state index contributed by atoms with van der Waals surface area (Å²) in [5.41, 5.74) is 1.34. The van der Waals surface area contributed by atoms with Crippen molar-refractivity contribution >= 4 is 16.7 Å². The number of fused-ring (bicyclic) bond motifs is 1. The van der Waals surface area contributed by atoms with Gasteiger partial charge in [-0.15, -0.1) is 0 Å². The predicted molar refractivity (Wildman–Crippen MR) is 108 cm³/mol. The molecule has 0 fully saturated rings. The molecule has 0 radical (unpaired) electrons. The fourth-order valence-electron chi connectivity index (χ4n) is 2.92. The molecular formula is C22H19FN4O. The van der Waals surface area contributed by atoms with Gasteiger partial charge in [-0.05, 0) is 36.4 Å². The Balaban J connectivity index is 1.64. The summed E-state index contributed by atoms with van der Waals surface area (Å²) in [6.07, 6.45) is 3.39. The molecule has 0 saturated carbocycles. The van der Waals surface area contributed by atoms with Gasteiger partial charge in [0, 0.05) is 36.5 Å². The van der Waals surface area contributed by atoms with Crippen LogP contribution in [0.4, 0.5) is 10.2 Å². The average Bonchev–Trinajstić information content (AvgIpc) is 2.74. The Morgan fingerprint density at radius 1 is 1.00 bits per heavy atom. The van der Waals surface area contributed by atoms with Crippen LogP contribution in [0.25, 0.3) is 22.3 Å². The normalized spacial score (nSPS) is 10.8. The van der Waals surface area contributed by atoms with E-state index in [1.165, 1.54) is 12.1 Å². The van der Waals surface area contributed by atoms with Crippen molar-refractivity contribution in [2.45, 2.75) is 0 Å². The second-order valence-corrected chi connectivity index (χ2v) is 6.36. The molecule has 6 heteroatoms. The maximum Gasteiger partial charge on any atom is 0.163 e. The van der Waals surface area contributed by atoms with E-state index >= 15 is 0 Å². The third-order valence-corrected chi connectivity index (χ3v) is 4.36. The minimum atomic E-state index is -0.329. The number of benzene rings is 2. The SMILES string of the molecule is CN(CCOc1ccccc1)c1nc(-c2cccnc2)nc2cc(F)ccc12. The first-order valence-corrected chi connectivity index (χ1v) is 8.97. The van der Waals surface area contributed by atoms with Crippen molar-refractivity contribution in [2.24, 2.45) is 0 Å². The van der Waals surface area contributed by atoms with Crippen LogP contribution in [-0.4, -0.2) is 35.2 Å². The summed E-state index contributed by atoms with van der Waals surface area (Å²) in [6.45, 7) is 1.11. The monoisotopic (exact) mass is 374 g/mol. The van der Waals surface area contributed by atoms with Gasteiger partial charge in [0.1, 0.15) is 24.0 Å². The number of hydrogen-bond acceptors (Lipinski definition) is 5. The van der Waals surface area contributed by atoms with Crippen LogP contribution in [0.1, 0.15) is 0 Å². The Morgan fingerprint density at radius 3 is 2.64 bits per heavy atom. The van der Waals surface area contributed by atoms with E-state index in [1.807, 2.05) is 54.4 Å². The van der Waals surface area contributed by atoms with Crippen molar-refractivity contribution in [1.29, 1.82) is 0 Å². The standard InChI is InChI=1S/C22H19FN4O/c1-27(12-13-28-18-7-3-2-4-8-18)22-19-10-9-17(23)14-20(19)25-21(26-22)16-6-5-11-24-15-16/h2-11,14-15H,12-13H2,1H3. The highest BCUT2D eigenvalue weighted by atomic mass is 19.1. The molecule has 4 aromatic rings. The second-order valence-electron chi connectivity index (χ2n) is 6.36. The summed E-state index contributed by atoms with van der Waals surface area (Å²) >= 11 is 0. The van der Waals surface area contributed by atoms with Gasteiger partial charge in [-0.25, -0.2) is 14.4 Å². The number of hydrogen-bond donors (Lipinski definition) is 0. The van der Waals surface area contributed by atoms with E-state index in [1.54, 1.807) is 18.5 Å². The van der Waals surface area contributed by atoms with Gasteiger partial charge in [0.25, 0.3) is 0 Å². The van der Waals surface area contributed by atoms with E-state index in [9.17, 15) is 4.39 Å². The Hall–Kier alpha value is -3.54. The van der Waals surface area contributed by atoms with Crippen LogP contribution in [0.5, 0.6) is 5.75 Å². The van der Waals surface area contributed by atoms with Crippen molar-refractivity contribution < 1.29 is 9.13 Å². The van der Waals surface area contributed by atoms with E-state index in [-0.39, 0.29) is 5.82 Å². The largest absolute Gasteiger partial charge is 0.492 e. The molecule has 0 bridgehead atoms. The summed E-state index contributed by atoms with van der Waals surface area (Å²) in [5, 5.41) is 0.788. The molecule has 5 nitrogen and oxygen atoms in total. The van der Waals surface area contributed by atoms with Gasteiger partial charge >= 0.3 is 0 Å². The molecule has 2 aromatic heterocycles. The van der Waals surface area contributed by atoms with Gasteiger partial charge in [-0.1, -0.05) is 18.2 Å². The lowest BCUT2D eigenvalue weighted by molar-refractivity contribution is 0.326. The molecule has 0 spiro atoms. The Bertz CT molecular complexity index is 1070. The van der Waals surface area contributed by atoms with E-state index in [0.29, 0.717) is 24.5 Å². The van der Waals surface area contributed by atoms with Gasteiger partial charge in [0.2, 0.25) is 0 Å². The molecule has 0 aliphatic carbocycles. The van der Waals surface area contributed by atoms with Crippen LogP contribution in [0.2, 0.25) is 0 Å². The number of pyridine rings is 1. The smallest absolute Gasteiger partial charge is 0.163 e. The fourth-order valence-corrected chi connectivity index (χ4v) is 2.92. The number of nitrogens with zero attached hydrogens (tertiary/aromatic N) is 4. The lowest BCUT2D eigenvalue weighted by Crippen LogP contribution is -2.25. The number of rotatable bonds is 6. The molecule has 4 rings (SSSR count). The quantitative estimate of drug-likeness (QED) is 0.502. The minimum absolute atomic E-state index is 0.329. The highest BCUT2D eigenvalue weighted by Gasteiger charge is 2.14. The lowest BCUT2D eigenvalue weighted by atomic mass is 10.2. The van der Waals surface area contributed by atoms with Crippen LogP contribution in [0.3, 0.4) is 0 Å². The van der Waals surface area contributed by atoms with E-state index in [0.717, 1.165) is 22.5 Å². The van der Waals surface area contributed by atoms with Crippen LogP contribution < -0.4 is 9.64 Å². The first kappa shape index (κ1) is 17.9. The molecule has 0 amide bonds. The Kier molecular flexibility index (Phi) is 5.10. The zero-order valence-electron chi connectivity index (χ0n) is 15.4. The molecule has 140 valence electrons. The molecule has 2 aromatic carbocycles. The number of halogens is 1. The average molecular weight is 374 g/mol. The van der Waals surface area contributed by atoms with E-state index < -0.39 is 0 Å². The molecule has 0 saturated heterocycles. The van der Waals surface area contributed by atoms with Crippen LogP contribution in [-0.2, 0) is 0 Å². The molecule has 2 heterocycles. The second kappa shape index (κ2) is 8.00. The summed E-state index contributed by atoms with van der Waals surface area (Å²) in [6, 6.07) is 17.9. The molecule has 0 unspecified atom stereocenters. The van der Waals surface area contributed by atoms with Crippen LogP contribution in [0, 0.1) is 5.82 Å². The van der Waals surface area contributed by atoms with Crippen molar-refractivity contribution in [1.82, 2.24) is 15.0 Å². The number of anilines is 1. The van der Waals surface area contributed by atoms with Gasteiger partial charge in [0.05, 0.1) is 12.1 Å². The number of ether oxygens (including phenoxy) is 1. The molecule has 28 heavy (non-hydrogen) atoms. The Morgan fingerprint density at radius 2 is 1.86 bits per heavy atom. The first-order valence-electron chi connectivity index (χ1n) is 8.97. The van der Waals surface area contributed by atoms with Gasteiger partial charge < -0.3 is 9.64 Å². The molecule has 0 atom stereocenters. The summed E-state index contributed by atoms with van der Waals surface area (Å²) in [4.78, 5) is 15.4. The van der Waals surface area contributed by atoms with Gasteiger partial charge in [-0.3, -0.25) is 4.98 Å². The first-order chi connectivity index (χ1) is 13.7. The summed E-state index contributed by atoms with van der Waals surface area (Å²) < 4.78 is 19.6. The maximum absolute atomic E-state index is 13.8. The molecule has 0 N–H and O–H groups in total. The summed E-state index contributed by atoms with van der Waals surface area (Å²) in [5.74, 6) is 1.73. The number of para-hydroxylation sites is 1. The number of aromatic nitrogens is 3. The highest BCUT2D eigenvalue weighted by Crippen LogP contribution is 2.27. The molecule has 0 aliphatic rings. The third-order valence-electron chi connectivity index (χ3n) is 4.36. The predicted octanol–water partition coefficient (Wildman–Crippen LogP) is 4.35. The molecule has 0 aliphatic heterocycles. The van der Waals surface area contributed by atoms with E-state index in [2.05, 4.69) is 9.97 Å². The molecular weight excluding hydrogens is 355 g/mol. The summed E-state index contributed by atoms with van der Waals surface area (Å²) in [7, 11) is 1.94. The van der Waals surface area contributed by atoms with Gasteiger partial charge in [0.15, 0.2) is 5.82 Å². The third kappa shape index (κ3) is 3.91. The Labute approximate surface area is 162 Å². The van der Waals surface area contributed by atoms with Crippen molar-refractivity contribution in [3.8, 4) is 17.1 Å². The zero-order valence-corrected chi connectivity index (χ0v) is 15.4. The van der Waals surface area contributed by atoms with Crippen molar-refractivity contribution in [2.75, 3.05) is 25.1 Å². The zero-order chi connectivity index (χ0) is 19.3. The lowest BCUT2D eigenvalue weighted by Gasteiger charge is -2.21. The topological polar surface area (TPSA) is 51.1 Å². The van der Waals surface area contributed by atoms with Gasteiger partial charge in [-0.2, -0.15) is 0 Å². The number of likely N-dealkylation sites (N-methyl/N-ethyl adjacent to an activating group) is 1. The minimum Gasteiger partial charge on any atom is -0.492 e. The van der Waals surface area contributed by atoms with Crippen molar-refractivity contribution in [3.63, 3.8) is 0 Å². The van der Waals surface area contributed by atoms with Crippen LogP contribution >= 0.6 is 0 Å². The van der Waals surface area contributed by atoms with Crippen LogP contribution in [0.15, 0.2) is 73.1 Å².